The number of nitrogens with one attached hydrogen (secondary N) is 2. The van der Waals surface area contributed by atoms with Gasteiger partial charge in [-0.25, -0.2) is 15.0 Å². The second kappa shape index (κ2) is 3.27. The number of nitrogens with zero attached hydrogens (tertiary/aromatic N) is 3. The van der Waals surface area contributed by atoms with Gasteiger partial charge in [0, 0.05) is 0 Å². The third-order valence-electron chi connectivity index (χ3n) is 2.74. The van der Waals surface area contributed by atoms with Crippen molar-refractivity contribution in [3.63, 3.8) is 0 Å². The monoisotopic (exact) mass is 203 g/mol. The molecule has 5 heteroatoms. The average molecular weight is 203 g/mol. The number of hydrogen-bond donors (Lipinski definition) is 2. The predicted octanol–water partition coefficient (Wildman–Crippen LogP) is 1.09. The van der Waals surface area contributed by atoms with Crippen LogP contribution in [0.5, 0.6) is 0 Å². The highest BCUT2D eigenvalue weighted by Gasteiger charge is 2.19. The summed E-state index contributed by atoms with van der Waals surface area (Å²) in [6.45, 7) is 3.00. The van der Waals surface area contributed by atoms with Crippen molar-refractivity contribution in [2.75, 3.05) is 6.54 Å². The van der Waals surface area contributed by atoms with Crippen molar-refractivity contribution < 1.29 is 0 Å². The van der Waals surface area contributed by atoms with E-state index in [4.69, 9.17) is 0 Å². The number of imidazole rings is 1. The Labute approximate surface area is 87.3 Å². The number of rotatable bonds is 1. The molecule has 0 aliphatic carbocycles. The van der Waals surface area contributed by atoms with Gasteiger partial charge in [0.2, 0.25) is 0 Å². The fourth-order valence-electron chi connectivity index (χ4n) is 1.98. The average Bonchev–Trinajstić information content (AvgIpc) is 2.84. The van der Waals surface area contributed by atoms with E-state index < -0.39 is 0 Å². The number of H-pyrrole nitrogens is 1. The molecule has 3 rings (SSSR count). The second-order valence-electron chi connectivity index (χ2n) is 3.95. The number of aromatic nitrogens is 4. The Morgan fingerprint density at radius 1 is 1.40 bits per heavy atom. The van der Waals surface area contributed by atoms with Crippen molar-refractivity contribution in [1.29, 1.82) is 0 Å². The largest absolute Gasteiger partial charge is 0.324 e. The summed E-state index contributed by atoms with van der Waals surface area (Å²) in [4.78, 5) is 16.3. The molecule has 0 aromatic carbocycles. The van der Waals surface area contributed by atoms with E-state index in [-0.39, 0.29) is 0 Å². The molecule has 0 spiro atoms. The summed E-state index contributed by atoms with van der Waals surface area (Å²) in [7, 11) is 0. The molecule has 1 saturated heterocycles. The molecule has 0 saturated carbocycles. The first kappa shape index (κ1) is 8.79. The van der Waals surface area contributed by atoms with Crippen molar-refractivity contribution >= 4 is 11.3 Å². The van der Waals surface area contributed by atoms with E-state index in [0.29, 0.717) is 11.7 Å². The van der Waals surface area contributed by atoms with Crippen LogP contribution in [0.25, 0.3) is 11.3 Å². The van der Waals surface area contributed by atoms with Crippen molar-refractivity contribution in [1.82, 2.24) is 25.3 Å². The standard InChI is InChI=1S/C10H13N5/c1-6-5-12-9-10(13-6)15-8(14-9)7-3-2-4-11-7/h5,7,11H,2-4H2,1H3,(H,12,13,14,15). The van der Waals surface area contributed by atoms with Crippen LogP contribution in [0.15, 0.2) is 6.20 Å². The Morgan fingerprint density at radius 3 is 3.13 bits per heavy atom. The van der Waals surface area contributed by atoms with E-state index in [0.717, 1.165) is 30.1 Å². The van der Waals surface area contributed by atoms with Crippen molar-refractivity contribution in [2.24, 2.45) is 0 Å². The van der Waals surface area contributed by atoms with Crippen molar-refractivity contribution in [3.8, 4) is 0 Å². The van der Waals surface area contributed by atoms with E-state index in [9.17, 15) is 0 Å². The molecule has 2 aromatic rings. The Morgan fingerprint density at radius 2 is 2.33 bits per heavy atom. The minimum atomic E-state index is 0.348. The maximum Gasteiger partial charge on any atom is 0.197 e. The molecular formula is C10H13N5. The minimum absolute atomic E-state index is 0.348. The van der Waals surface area contributed by atoms with E-state index in [2.05, 4.69) is 25.3 Å². The first-order valence-corrected chi connectivity index (χ1v) is 5.25. The molecule has 0 amide bonds. The lowest BCUT2D eigenvalue weighted by Crippen LogP contribution is -2.14. The molecule has 2 aromatic heterocycles. The summed E-state index contributed by atoms with van der Waals surface area (Å²) in [5.74, 6) is 0.966. The molecule has 0 radical (unpaired) electrons. The molecule has 15 heavy (non-hydrogen) atoms. The number of hydrogen-bond acceptors (Lipinski definition) is 4. The van der Waals surface area contributed by atoms with Crippen LogP contribution in [0.2, 0.25) is 0 Å². The first-order chi connectivity index (χ1) is 7.33. The molecule has 78 valence electrons. The Bertz CT molecular complexity index is 484. The summed E-state index contributed by atoms with van der Waals surface area (Å²) in [6.07, 6.45) is 4.09. The highest BCUT2D eigenvalue weighted by atomic mass is 15.1. The lowest BCUT2D eigenvalue weighted by atomic mass is 10.2. The summed E-state index contributed by atoms with van der Waals surface area (Å²) < 4.78 is 0. The fraction of sp³-hybridized carbons (Fsp3) is 0.500. The third kappa shape index (κ3) is 1.48. The van der Waals surface area contributed by atoms with Gasteiger partial charge in [0.25, 0.3) is 0 Å². The van der Waals surface area contributed by atoms with Gasteiger partial charge in [0.15, 0.2) is 11.3 Å². The van der Waals surface area contributed by atoms with E-state index >= 15 is 0 Å². The first-order valence-electron chi connectivity index (χ1n) is 5.25. The van der Waals surface area contributed by atoms with Crippen LogP contribution in [0.1, 0.15) is 30.4 Å². The number of aryl methyl sites for hydroxylation is 1. The quantitative estimate of drug-likeness (QED) is 0.728. The van der Waals surface area contributed by atoms with Crippen molar-refractivity contribution in [2.45, 2.75) is 25.8 Å². The number of fused-ring (bicyclic) bond motifs is 1. The minimum Gasteiger partial charge on any atom is -0.324 e. The van der Waals surface area contributed by atoms with Crippen LogP contribution in [0, 0.1) is 6.92 Å². The topological polar surface area (TPSA) is 66.5 Å². The Kier molecular flexibility index (Phi) is 1.92. The zero-order valence-corrected chi connectivity index (χ0v) is 8.62. The van der Waals surface area contributed by atoms with E-state index in [1.54, 1.807) is 6.20 Å². The molecule has 1 aliphatic rings. The normalized spacial score (nSPS) is 21.3. The smallest absolute Gasteiger partial charge is 0.197 e. The van der Waals surface area contributed by atoms with E-state index in [1.165, 1.54) is 6.42 Å². The highest BCUT2D eigenvalue weighted by molar-refractivity contribution is 5.65. The van der Waals surface area contributed by atoms with Crippen LogP contribution in [-0.2, 0) is 0 Å². The maximum absolute atomic E-state index is 4.44. The molecule has 2 N–H and O–H groups in total. The molecule has 3 heterocycles. The SMILES string of the molecule is Cc1cnc2nc(C3CCCN3)[nH]c2n1. The summed E-state index contributed by atoms with van der Waals surface area (Å²) in [6, 6.07) is 0.348. The zero-order valence-electron chi connectivity index (χ0n) is 8.62. The van der Waals surface area contributed by atoms with Crippen LogP contribution in [0.4, 0.5) is 0 Å². The molecule has 1 unspecified atom stereocenters. The second-order valence-corrected chi connectivity index (χ2v) is 3.95. The molecular weight excluding hydrogens is 190 g/mol. The van der Waals surface area contributed by atoms with Gasteiger partial charge in [-0.1, -0.05) is 0 Å². The van der Waals surface area contributed by atoms with Crippen molar-refractivity contribution in [3.05, 3.63) is 17.7 Å². The number of aromatic amines is 1. The summed E-state index contributed by atoms with van der Waals surface area (Å²) >= 11 is 0. The van der Waals surface area contributed by atoms with Gasteiger partial charge in [0.1, 0.15) is 5.82 Å². The lowest BCUT2D eigenvalue weighted by molar-refractivity contribution is 0.614. The fourth-order valence-corrected chi connectivity index (χ4v) is 1.98. The van der Waals surface area contributed by atoms with Gasteiger partial charge < -0.3 is 10.3 Å². The highest BCUT2D eigenvalue weighted by Crippen LogP contribution is 2.21. The van der Waals surface area contributed by atoms with Crippen LogP contribution in [-0.4, -0.2) is 26.5 Å². The molecule has 0 bridgehead atoms. The summed E-state index contributed by atoms with van der Waals surface area (Å²) in [5, 5.41) is 3.40. The zero-order chi connectivity index (χ0) is 10.3. The van der Waals surface area contributed by atoms with Crippen LogP contribution in [0.3, 0.4) is 0 Å². The van der Waals surface area contributed by atoms with Gasteiger partial charge in [-0.15, -0.1) is 0 Å². The van der Waals surface area contributed by atoms with Gasteiger partial charge >= 0.3 is 0 Å². The lowest BCUT2D eigenvalue weighted by Gasteiger charge is -2.03. The van der Waals surface area contributed by atoms with Gasteiger partial charge in [-0.05, 0) is 26.3 Å². The van der Waals surface area contributed by atoms with E-state index in [1.807, 2.05) is 6.92 Å². The van der Waals surface area contributed by atoms with Crippen LogP contribution < -0.4 is 5.32 Å². The van der Waals surface area contributed by atoms with Crippen LogP contribution >= 0.6 is 0 Å². The van der Waals surface area contributed by atoms with Gasteiger partial charge in [0.05, 0.1) is 17.9 Å². The Hall–Kier alpha value is -1.49. The predicted molar refractivity (Wildman–Crippen MR) is 56.4 cm³/mol. The van der Waals surface area contributed by atoms with Gasteiger partial charge in [-0.2, -0.15) is 0 Å². The molecule has 1 fully saturated rings. The molecule has 1 aliphatic heterocycles. The summed E-state index contributed by atoms with van der Waals surface area (Å²) in [5.41, 5.74) is 2.42. The maximum atomic E-state index is 4.44. The Balaban J connectivity index is 2.05. The van der Waals surface area contributed by atoms with Gasteiger partial charge in [-0.3, -0.25) is 0 Å². The molecule has 1 atom stereocenters. The third-order valence-corrected chi connectivity index (χ3v) is 2.74. The molecule has 5 nitrogen and oxygen atoms in total.